The molecule has 0 saturated heterocycles. The molecule has 3 N–H and O–H groups in total. The molecule has 20 heavy (non-hydrogen) atoms. The number of rotatable bonds is 7. The Morgan fingerprint density at radius 1 is 1.15 bits per heavy atom. The molecule has 2 rings (SSSR count). The van der Waals surface area contributed by atoms with Crippen LogP contribution in [0.25, 0.3) is 0 Å². The van der Waals surface area contributed by atoms with E-state index in [1.54, 1.807) is 0 Å². The zero-order chi connectivity index (χ0) is 14.4. The van der Waals surface area contributed by atoms with Crippen LogP contribution < -0.4 is 10.6 Å². The van der Waals surface area contributed by atoms with Crippen molar-refractivity contribution in [3.8, 4) is 0 Å². The summed E-state index contributed by atoms with van der Waals surface area (Å²) in [6, 6.07) is 9.99. The highest BCUT2D eigenvalue weighted by Gasteiger charge is 2.44. The van der Waals surface area contributed by atoms with Gasteiger partial charge in [-0.25, -0.2) is 4.79 Å². The first-order valence-electron chi connectivity index (χ1n) is 6.91. The standard InChI is InChI=1S/C15H20N2O3/c18-13(19)7-4-10-16-14(20)17-11-15(8-9-15)12-5-2-1-3-6-12/h1-3,5-6H,4,7-11H2,(H,18,19)(H2,16,17,20). The van der Waals surface area contributed by atoms with Crippen LogP contribution in [0.15, 0.2) is 30.3 Å². The minimum Gasteiger partial charge on any atom is -0.481 e. The number of hydrogen-bond donors (Lipinski definition) is 3. The molecule has 1 aliphatic carbocycles. The fourth-order valence-corrected chi connectivity index (χ4v) is 2.26. The highest BCUT2D eigenvalue weighted by atomic mass is 16.4. The van der Waals surface area contributed by atoms with Crippen LogP contribution in [0.1, 0.15) is 31.2 Å². The zero-order valence-electron chi connectivity index (χ0n) is 11.4. The lowest BCUT2D eigenvalue weighted by Gasteiger charge is -2.16. The zero-order valence-corrected chi connectivity index (χ0v) is 11.4. The molecule has 1 fully saturated rings. The average Bonchev–Trinajstić information content (AvgIpc) is 3.23. The van der Waals surface area contributed by atoms with Gasteiger partial charge in [-0.1, -0.05) is 30.3 Å². The largest absolute Gasteiger partial charge is 0.481 e. The summed E-state index contributed by atoms with van der Waals surface area (Å²) in [5.74, 6) is -0.840. The fraction of sp³-hybridized carbons (Fsp3) is 0.467. The Morgan fingerprint density at radius 2 is 1.85 bits per heavy atom. The third-order valence-corrected chi connectivity index (χ3v) is 3.68. The highest BCUT2D eigenvalue weighted by Crippen LogP contribution is 2.47. The van der Waals surface area contributed by atoms with Crippen LogP contribution in [-0.4, -0.2) is 30.2 Å². The van der Waals surface area contributed by atoms with Crippen molar-refractivity contribution < 1.29 is 14.7 Å². The number of nitrogens with one attached hydrogen (secondary N) is 2. The number of carbonyl (C=O) groups excluding carboxylic acids is 1. The Hall–Kier alpha value is -2.04. The summed E-state index contributed by atoms with van der Waals surface area (Å²) >= 11 is 0. The molecule has 1 aliphatic rings. The number of aliphatic carboxylic acids is 1. The summed E-state index contributed by atoms with van der Waals surface area (Å²) < 4.78 is 0. The predicted molar refractivity (Wildman–Crippen MR) is 75.6 cm³/mol. The van der Waals surface area contributed by atoms with Gasteiger partial charge in [0.25, 0.3) is 0 Å². The van der Waals surface area contributed by atoms with Crippen molar-refractivity contribution >= 4 is 12.0 Å². The molecular formula is C15H20N2O3. The summed E-state index contributed by atoms with van der Waals surface area (Å²) in [5.41, 5.74) is 1.37. The summed E-state index contributed by atoms with van der Waals surface area (Å²) in [6.07, 6.45) is 2.72. The quantitative estimate of drug-likeness (QED) is 0.665. The predicted octanol–water partition coefficient (Wildman–Crippen LogP) is 1.88. The molecule has 2 amide bonds. The molecule has 0 aliphatic heterocycles. The van der Waals surface area contributed by atoms with Crippen molar-refractivity contribution in [2.45, 2.75) is 31.1 Å². The van der Waals surface area contributed by atoms with Crippen LogP contribution in [0.4, 0.5) is 4.79 Å². The van der Waals surface area contributed by atoms with Crippen molar-refractivity contribution in [1.82, 2.24) is 10.6 Å². The molecule has 0 radical (unpaired) electrons. The Balaban J connectivity index is 1.70. The van der Waals surface area contributed by atoms with Crippen LogP contribution in [-0.2, 0) is 10.2 Å². The number of carboxylic acid groups (broad SMARTS) is 1. The first-order chi connectivity index (χ1) is 9.62. The van der Waals surface area contributed by atoms with Crippen LogP contribution in [0.5, 0.6) is 0 Å². The normalized spacial score (nSPS) is 15.4. The van der Waals surface area contributed by atoms with Crippen LogP contribution in [0.2, 0.25) is 0 Å². The first-order valence-corrected chi connectivity index (χ1v) is 6.91. The van der Waals surface area contributed by atoms with E-state index in [0.717, 1.165) is 12.8 Å². The maximum absolute atomic E-state index is 11.6. The Bertz CT molecular complexity index is 469. The van der Waals surface area contributed by atoms with Crippen LogP contribution in [0.3, 0.4) is 0 Å². The lowest BCUT2D eigenvalue weighted by atomic mass is 9.96. The van der Waals surface area contributed by atoms with E-state index in [9.17, 15) is 9.59 Å². The molecule has 0 heterocycles. The molecule has 0 bridgehead atoms. The molecule has 5 heteroatoms. The SMILES string of the molecule is O=C(O)CCCNC(=O)NCC1(c2ccccc2)CC1. The van der Waals surface area contributed by atoms with Crippen molar-refractivity contribution in [2.24, 2.45) is 0 Å². The van der Waals surface area contributed by atoms with Crippen LogP contribution >= 0.6 is 0 Å². The summed E-state index contributed by atoms with van der Waals surface area (Å²) in [6.45, 7) is 1.01. The number of urea groups is 1. The van der Waals surface area contributed by atoms with Gasteiger partial charge in [-0.2, -0.15) is 0 Å². The highest BCUT2D eigenvalue weighted by molar-refractivity contribution is 5.74. The van der Waals surface area contributed by atoms with Gasteiger partial charge in [0.05, 0.1) is 0 Å². The van der Waals surface area contributed by atoms with Crippen molar-refractivity contribution in [2.75, 3.05) is 13.1 Å². The van der Waals surface area contributed by atoms with E-state index in [1.807, 2.05) is 18.2 Å². The minimum atomic E-state index is -0.840. The van der Waals surface area contributed by atoms with Gasteiger partial charge in [-0.3, -0.25) is 4.79 Å². The second kappa shape index (κ2) is 6.41. The molecule has 108 valence electrons. The molecule has 1 saturated carbocycles. The molecule has 5 nitrogen and oxygen atoms in total. The van der Waals surface area contributed by atoms with Gasteiger partial charge >= 0.3 is 12.0 Å². The second-order valence-corrected chi connectivity index (χ2v) is 5.25. The van der Waals surface area contributed by atoms with E-state index in [-0.39, 0.29) is 17.9 Å². The Morgan fingerprint density at radius 3 is 2.45 bits per heavy atom. The van der Waals surface area contributed by atoms with Gasteiger partial charge in [0, 0.05) is 24.9 Å². The molecular weight excluding hydrogens is 256 g/mol. The Kier molecular flexibility index (Phi) is 4.61. The topological polar surface area (TPSA) is 78.4 Å². The van der Waals surface area contributed by atoms with Gasteiger partial charge < -0.3 is 15.7 Å². The van der Waals surface area contributed by atoms with Gasteiger partial charge in [0.15, 0.2) is 0 Å². The van der Waals surface area contributed by atoms with E-state index in [0.29, 0.717) is 19.5 Å². The maximum Gasteiger partial charge on any atom is 0.314 e. The number of hydrogen-bond acceptors (Lipinski definition) is 2. The van der Waals surface area contributed by atoms with Crippen LogP contribution in [0, 0.1) is 0 Å². The van der Waals surface area contributed by atoms with E-state index in [4.69, 9.17) is 5.11 Å². The third kappa shape index (κ3) is 3.98. The van der Waals surface area contributed by atoms with Gasteiger partial charge in [0.1, 0.15) is 0 Å². The minimum absolute atomic E-state index is 0.0776. The van der Waals surface area contributed by atoms with E-state index < -0.39 is 5.97 Å². The lowest BCUT2D eigenvalue weighted by Crippen LogP contribution is -2.40. The molecule has 1 aromatic rings. The van der Waals surface area contributed by atoms with Gasteiger partial charge in [-0.15, -0.1) is 0 Å². The van der Waals surface area contributed by atoms with Gasteiger partial charge in [-0.05, 0) is 24.8 Å². The molecule has 0 atom stereocenters. The third-order valence-electron chi connectivity index (χ3n) is 3.68. The smallest absolute Gasteiger partial charge is 0.314 e. The number of benzene rings is 1. The Labute approximate surface area is 118 Å². The molecule has 1 aromatic carbocycles. The lowest BCUT2D eigenvalue weighted by molar-refractivity contribution is -0.137. The second-order valence-electron chi connectivity index (χ2n) is 5.25. The van der Waals surface area contributed by atoms with Crippen molar-refractivity contribution in [1.29, 1.82) is 0 Å². The van der Waals surface area contributed by atoms with Crippen molar-refractivity contribution in [3.63, 3.8) is 0 Å². The summed E-state index contributed by atoms with van der Waals surface area (Å²) in [7, 11) is 0. The van der Waals surface area contributed by atoms with E-state index >= 15 is 0 Å². The molecule has 0 spiro atoms. The van der Waals surface area contributed by atoms with E-state index in [1.165, 1.54) is 5.56 Å². The first kappa shape index (κ1) is 14.4. The fourth-order valence-electron chi connectivity index (χ4n) is 2.26. The summed E-state index contributed by atoms with van der Waals surface area (Å²) in [5, 5.41) is 14.0. The maximum atomic E-state index is 11.6. The van der Waals surface area contributed by atoms with Crippen molar-refractivity contribution in [3.05, 3.63) is 35.9 Å². The average molecular weight is 276 g/mol. The number of carbonyl (C=O) groups is 2. The summed E-state index contributed by atoms with van der Waals surface area (Å²) in [4.78, 5) is 22.0. The molecule has 0 aromatic heterocycles. The van der Waals surface area contributed by atoms with Gasteiger partial charge in [0.2, 0.25) is 0 Å². The number of amides is 2. The monoisotopic (exact) mass is 276 g/mol. The van der Waals surface area contributed by atoms with E-state index in [2.05, 4.69) is 22.8 Å². The number of carboxylic acids is 1. The molecule has 0 unspecified atom stereocenters.